The molecule has 0 bridgehead atoms. The Morgan fingerprint density at radius 2 is 1.86 bits per heavy atom. The van der Waals surface area contributed by atoms with Gasteiger partial charge in [0.1, 0.15) is 0 Å². The highest BCUT2D eigenvalue weighted by Gasteiger charge is 2.33. The highest BCUT2D eigenvalue weighted by atomic mass is 79.9. The lowest BCUT2D eigenvalue weighted by Crippen LogP contribution is -2.43. The molecule has 1 aliphatic rings. The molecule has 0 radical (unpaired) electrons. The van der Waals surface area contributed by atoms with Gasteiger partial charge in [0.25, 0.3) is 0 Å². The molecule has 8 heteroatoms. The summed E-state index contributed by atoms with van der Waals surface area (Å²) in [5.74, 6) is -0.513. The number of hydrogen-bond acceptors (Lipinski definition) is 4. The lowest BCUT2D eigenvalue weighted by molar-refractivity contribution is -0.120. The topological polar surface area (TPSA) is 69.7 Å². The van der Waals surface area contributed by atoms with E-state index in [0.29, 0.717) is 19.4 Å². The van der Waals surface area contributed by atoms with Crippen molar-refractivity contribution in [3.8, 4) is 0 Å². The molecule has 1 unspecified atom stereocenters. The maximum Gasteiger partial charge on any atom is 0.243 e. The molecule has 0 aliphatic carbocycles. The van der Waals surface area contributed by atoms with Crippen LogP contribution in [0.5, 0.6) is 0 Å². The molecule has 2 aromatic carbocycles. The van der Waals surface area contributed by atoms with Gasteiger partial charge in [-0.1, -0.05) is 15.9 Å². The van der Waals surface area contributed by atoms with Crippen LogP contribution in [0.2, 0.25) is 0 Å². The van der Waals surface area contributed by atoms with Gasteiger partial charge in [0.2, 0.25) is 15.9 Å². The fourth-order valence-electron chi connectivity index (χ4n) is 3.61. The first-order chi connectivity index (χ1) is 13.7. The van der Waals surface area contributed by atoms with Crippen LogP contribution in [-0.2, 0) is 14.8 Å². The summed E-state index contributed by atoms with van der Waals surface area (Å²) in [6, 6.07) is 12.4. The summed E-state index contributed by atoms with van der Waals surface area (Å²) >= 11 is 3.32. The number of rotatable bonds is 5. The molecule has 1 saturated heterocycles. The predicted molar refractivity (Wildman–Crippen MR) is 120 cm³/mol. The Morgan fingerprint density at radius 3 is 2.48 bits per heavy atom. The first kappa shape index (κ1) is 21.8. The quantitative estimate of drug-likeness (QED) is 0.706. The number of nitrogens with one attached hydrogen (secondary N) is 1. The smallest absolute Gasteiger partial charge is 0.243 e. The molecule has 1 aliphatic heterocycles. The molecule has 29 heavy (non-hydrogen) atoms. The zero-order chi connectivity index (χ0) is 21.2. The molecule has 0 spiro atoms. The second-order valence-corrected chi connectivity index (χ2v) is 10.4. The van der Waals surface area contributed by atoms with Crippen LogP contribution in [0.1, 0.15) is 18.4 Å². The largest absolute Gasteiger partial charge is 0.377 e. The molecule has 1 N–H and O–H groups in total. The van der Waals surface area contributed by atoms with E-state index in [1.165, 1.54) is 4.31 Å². The lowest BCUT2D eigenvalue weighted by Gasteiger charge is -2.31. The summed E-state index contributed by atoms with van der Waals surface area (Å²) in [6.07, 6.45) is 1.33. The van der Waals surface area contributed by atoms with E-state index in [4.69, 9.17) is 0 Å². The number of sulfonamides is 1. The van der Waals surface area contributed by atoms with Crippen molar-refractivity contribution in [2.24, 2.45) is 5.92 Å². The van der Waals surface area contributed by atoms with Crippen molar-refractivity contribution in [2.75, 3.05) is 37.4 Å². The highest BCUT2D eigenvalue weighted by molar-refractivity contribution is 9.10. The van der Waals surface area contributed by atoms with Crippen LogP contribution in [0.15, 0.2) is 51.8 Å². The van der Waals surface area contributed by atoms with Crippen molar-refractivity contribution in [3.05, 3.63) is 52.5 Å². The number of nitrogens with zero attached hydrogens (tertiary/aromatic N) is 2. The fourth-order valence-corrected chi connectivity index (χ4v) is 5.40. The van der Waals surface area contributed by atoms with Crippen LogP contribution in [0.3, 0.4) is 0 Å². The van der Waals surface area contributed by atoms with E-state index >= 15 is 0 Å². The molecule has 0 saturated carbocycles. The number of amides is 1. The monoisotopic (exact) mass is 479 g/mol. The van der Waals surface area contributed by atoms with Gasteiger partial charge in [0.15, 0.2) is 0 Å². The van der Waals surface area contributed by atoms with Gasteiger partial charge in [-0.05, 0) is 67.8 Å². The molecule has 1 heterocycles. The Morgan fingerprint density at radius 1 is 1.17 bits per heavy atom. The van der Waals surface area contributed by atoms with Gasteiger partial charge in [-0.2, -0.15) is 4.31 Å². The van der Waals surface area contributed by atoms with E-state index < -0.39 is 10.0 Å². The van der Waals surface area contributed by atoms with E-state index in [1.54, 1.807) is 24.3 Å². The van der Waals surface area contributed by atoms with Gasteiger partial charge in [-0.25, -0.2) is 8.42 Å². The van der Waals surface area contributed by atoms with Crippen molar-refractivity contribution in [2.45, 2.75) is 24.7 Å². The molecule has 1 atom stereocenters. The van der Waals surface area contributed by atoms with E-state index in [9.17, 15) is 13.2 Å². The van der Waals surface area contributed by atoms with Crippen LogP contribution in [0, 0.1) is 12.8 Å². The van der Waals surface area contributed by atoms with Gasteiger partial charge in [-0.15, -0.1) is 0 Å². The molecule has 1 fully saturated rings. The molecular formula is C21H26BrN3O3S. The minimum atomic E-state index is -3.61. The summed E-state index contributed by atoms with van der Waals surface area (Å²) in [4.78, 5) is 15.1. The molecule has 3 rings (SSSR count). The molecule has 0 aromatic heterocycles. The molecular weight excluding hydrogens is 454 g/mol. The number of anilines is 2. The summed E-state index contributed by atoms with van der Waals surface area (Å²) in [6.45, 7) is 2.62. The predicted octanol–water partition coefficient (Wildman–Crippen LogP) is 3.86. The van der Waals surface area contributed by atoms with Crippen molar-refractivity contribution in [1.82, 2.24) is 4.31 Å². The summed E-state index contributed by atoms with van der Waals surface area (Å²) in [5, 5.41) is 2.95. The molecule has 1 amide bonds. The normalized spacial score (nSPS) is 17.7. The number of benzene rings is 2. The van der Waals surface area contributed by atoms with Gasteiger partial charge in [-0.3, -0.25) is 4.79 Å². The second-order valence-electron chi connectivity index (χ2n) is 7.54. The van der Waals surface area contributed by atoms with Crippen molar-refractivity contribution < 1.29 is 13.2 Å². The minimum Gasteiger partial charge on any atom is -0.377 e. The Labute approximate surface area is 181 Å². The first-order valence-electron chi connectivity index (χ1n) is 9.53. The number of aryl methyl sites for hydroxylation is 1. The Kier molecular flexibility index (Phi) is 6.65. The van der Waals surface area contributed by atoms with Crippen molar-refractivity contribution in [1.29, 1.82) is 0 Å². The number of hydrogen-bond donors (Lipinski definition) is 1. The van der Waals surface area contributed by atoms with Gasteiger partial charge >= 0.3 is 0 Å². The Bertz CT molecular complexity index is 991. The second kappa shape index (κ2) is 8.85. The van der Waals surface area contributed by atoms with Gasteiger partial charge < -0.3 is 10.2 Å². The van der Waals surface area contributed by atoms with Gasteiger partial charge in [0.05, 0.1) is 10.8 Å². The van der Waals surface area contributed by atoms with Crippen molar-refractivity contribution >= 4 is 43.2 Å². The van der Waals surface area contributed by atoms with Crippen LogP contribution >= 0.6 is 15.9 Å². The third-order valence-electron chi connectivity index (χ3n) is 5.15. The van der Waals surface area contributed by atoms with E-state index in [1.807, 2.05) is 44.1 Å². The third kappa shape index (κ3) is 4.99. The van der Waals surface area contributed by atoms with E-state index in [2.05, 4.69) is 21.2 Å². The zero-order valence-electron chi connectivity index (χ0n) is 16.9. The molecule has 156 valence electrons. The number of carbonyl (C=O) groups is 1. The van der Waals surface area contributed by atoms with Crippen LogP contribution < -0.4 is 10.2 Å². The minimum absolute atomic E-state index is 0.141. The number of carbonyl (C=O) groups excluding carboxylic acids is 1. The highest BCUT2D eigenvalue weighted by Crippen LogP contribution is 2.27. The Balaban J connectivity index is 1.71. The third-order valence-corrected chi connectivity index (χ3v) is 7.56. The maximum absolute atomic E-state index is 12.9. The zero-order valence-corrected chi connectivity index (χ0v) is 19.3. The van der Waals surface area contributed by atoms with Crippen molar-refractivity contribution in [3.63, 3.8) is 0 Å². The fraction of sp³-hybridized carbons (Fsp3) is 0.381. The summed E-state index contributed by atoms with van der Waals surface area (Å²) in [5.41, 5.74) is 2.88. The van der Waals surface area contributed by atoms with Crippen LogP contribution in [0.4, 0.5) is 11.4 Å². The van der Waals surface area contributed by atoms with Crippen LogP contribution in [0.25, 0.3) is 0 Å². The summed E-state index contributed by atoms with van der Waals surface area (Å²) in [7, 11) is 0.338. The van der Waals surface area contributed by atoms with E-state index in [-0.39, 0.29) is 23.3 Å². The maximum atomic E-state index is 12.9. The molecule has 2 aromatic rings. The van der Waals surface area contributed by atoms with Crippen LogP contribution in [-0.4, -0.2) is 45.8 Å². The summed E-state index contributed by atoms with van der Waals surface area (Å²) < 4.78 is 28.1. The average Bonchev–Trinajstić information content (AvgIpc) is 2.68. The number of halogens is 1. The average molecular weight is 480 g/mol. The van der Waals surface area contributed by atoms with Gasteiger partial charge in [0, 0.05) is 43.0 Å². The number of piperidine rings is 1. The first-order valence-corrected chi connectivity index (χ1v) is 11.8. The van der Waals surface area contributed by atoms with E-state index in [0.717, 1.165) is 21.4 Å². The molecule has 6 nitrogen and oxygen atoms in total. The Hall–Kier alpha value is -1.90. The lowest BCUT2D eigenvalue weighted by atomic mass is 9.98. The standard InChI is InChI=1S/C21H26BrN3O3S/c1-15-13-18(8-11-20(15)24(2)3)23-21(26)16-5-4-12-25(14-16)29(27,28)19-9-6-17(22)7-10-19/h6-11,13,16H,4-5,12,14H2,1-3H3,(H,23,26). The SMILES string of the molecule is Cc1cc(NC(=O)C2CCCN(S(=O)(=O)c3ccc(Br)cc3)C2)ccc1N(C)C.